The van der Waals surface area contributed by atoms with Gasteiger partial charge in [-0.15, -0.1) is 0 Å². The molecule has 3 aromatic rings. The number of nitrogens with zero attached hydrogens (tertiary/aromatic N) is 1. The third-order valence-electron chi connectivity index (χ3n) is 3.31. The number of nitrogens with two attached hydrogens (primary N) is 1. The smallest absolute Gasteiger partial charge is 0.0483 e. The Labute approximate surface area is 117 Å². The zero-order valence-corrected chi connectivity index (χ0v) is 11.3. The van der Waals surface area contributed by atoms with Gasteiger partial charge in [0.15, 0.2) is 0 Å². The lowest BCUT2D eigenvalue weighted by Gasteiger charge is -2.06. The predicted molar refractivity (Wildman–Crippen MR) is 80.4 cm³/mol. The zero-order valence-electron chi connectivity index (χ0n) is 10.5. The summed E-state index contributed by atoms with van der Waals surface area (Å²) in [5.41, 5.74) is 9.25. The van der Waals surface area contributed by atoms with Gasteiger partial charge in [0, 0.05) is 29.8 Å². The monoisotopic (exact) mass is 270 g/mol. The second-order valence-corrected chi connectivity index (χ2v) is 5.11. The first-order valence-corrected chi connectivity index (χ1v) is 6.66. The van der Waals surface area contributed by atoms with Crippen molar-refractivity contribution in [3.8, 4) is 0 Å². The summed E-state index contributed by atoms with van der Waals surface area (Å²) in [7, 11) is 0. The summed E-state index contributed by atoms with van der Waals surface area (Å²) >= 11 is 6.02. The average molecular weight is 271 g/mol. The highest BCUT2D eigenvalue weighted by Crippen LogP contribution is 2.20. The van der Waals surface area contributed by atoms with Crippen LogP contribution in [0.2, 0.25) is 5.02 Å². The van der Waals surface area contributed by atoms with Gasteiger partial charge in [-0.25, -0.2) is 0 Å². The average Bonchev–Trinajstić information content (AvgIpc) is 2.81. The van der Waals surface area contributed by atoms with E-state index in [0.717, 1.165) is 17.1 Å². The molecule has 0 saturated carbocycles. The molecular formula is C16H15ClN2. The lowest BCUT2D eigenvalue weighted by molar-refractivity contribution is 0.837. The second-order valence-electron chi connectivity index (χ2n) is 4.67. The highest BCUT2D eigenvalue weighted by molar-refractivity contribution is 6.30. The largest absolute Gasteiger partial charge is 0.343 e. The van der Waals surface area contributed by atoms with E-state index in [1.807, 2.05) is 18.2 Å². The van der Waals surface area contributed by atoms with Crippen molar-refractivity contribution in [3.05, 3.63) is 70.9 Å². The Hall–Kier alpha value is -1.77. The molecule has 1 heterocycles. The van der Waals surface area contributed by atoms with Crippen LogP contribution in [0, 0.1) is 0 Å². The van der Waals surface area contributed by atoms with Crippen LogP contribution in [0.3, 0.4) is 0 Å². The fourth-order valence-corrected chi connectivity index (χ4v) is 2.56. The zero-order chi connectivity index (χ0) is 13.2. The number of hydrogen-bond acceptors (Lipinski definition) is 1. The maximum atomic E-state index is 6.02. The van der Waals surface area contributed by atoms with Gasteiger partial charge in [0.25, 0.3) is 0 Å². The first kappa shape index (κ1) is 12.3. The summed E-state index contributed by atoms with van der Waals surface area (Å²) in [6, 6.07) is 16.4. The van der Waals surface area contributed by atoms with E-state index in [4.69, 9.17) is 17.3 Å². The van der Waals surface area contributed by atoms with Crippen LogP contribution in [0.1, 0.15) is 11.1 Å². The van der Waals surface area contributed by atoms with E-state index < -0.39 is 0 Å². The third-order valence-corrected chi connectivity index (χ3v) is 3.55. The van der Waals surface area contributed by atoms with Gasteiger partial charge in [0.05, 0.1) is 0 Å². The van der Waals surface area contributed by atoms with Crippen molar-refractivity contribution in [2.24, 2.45) is 5.73 Å². The van der Waals surface area contributed by atoms with Crippen LogP contribution in [-0.2, 0) is 13.1 Å². The van der Waals surface area contributed by atoms with Crippen LogP contribution in [-0.4, -0.2) is 4.57 Å². The fourth-order valence-electron chi connectivity index (χ4n) is 2.35. The van der Waals surface area contributed by atoms with Gasteiger partial charge in [-0.1, -0.05) is 29.8 Å². The van der Waals surface area contributed by atoms with Crippen molar-refractivity contribution in [2.75, 3.05) is 0 Å². The van der Waals surface area contributed by atoms with E-state index in [1.54, 1.807) is 0 Å². The summed E-state index contributed by atoms with van der Waals surface area (Å²) in [6.45, 7) is 1.40. The standard InChI is InChI=1S/C16H15ClN2/c17-15-3-1-2-13(9-15)11-19-7-6-14-8-12(10-18)4-5-16(14)19/h1-9H,10-11,18H2. The molecule has 19 heavy (non-hydrogen) atoms. The Bertz CT molecular complexity index is 716. The summed E-state index contributed by atoms with van der Waals surface area (Å²) in [4.78, 5) is 0. The molecule has 0 aliphatic rings. The van der Waals surface area contributed by atoms with E-state index in [2.05, 4.69) is 41.1 Å². The van der Waals surface area contributed by atoms with Crippen molar-refractivity contribution in [2.45, 2.75) is 13.1 Å². The SMILES string of the molecule is NCc1ccc2c(ccn2Cc2cccc(Cl)c2)c1. The molecule has 0 fully saturated rings. The first-order valence-electron chi connectivity index (χ1n) is 6.28. The molecular weight excluding hydrogens is 256 g/mol. The number of hydrogen-bond donors (Lipinski definition) is 1. The molecule has 1 aromatic heterocycles. The van der Waals surface area contributed by atoms with Gasteiger partial charge in [0.1, 0.15) is 0 Å². The Kier molecular flexibility index (Phi) is 3.28. The molecule has 0 saturated heterocycles. The topological polar surface area (TPSA) is 30.9 Å². The number of fused-ring (bicyclic) bond motifs is 1. The van der Waals surface area contributed by atoms with Crippen LogP contribution >= 0.6 is 11.6 Å². The predicted octanol–water partition coefficient (Wildman–Crippen LogP) is 3.80. The Balaban J connectivity index is 1.97. The molecule has 3 heteroatoms. The molecule has 0 bridgehead atoms. The molecule has 0 aliphatic carbocycles. The molecule has 2 N–H and O–H groups in total. The van der Waals surface area contributed by atoms with Gasteiger partial charge < -0.3 is 10.3 Å². The molecule has 96 valence electrons. The van der Waals surface area contributed by atoms with Gasteiger partial charge >= 0.3 is 0 Å². The van der Waals surface area contributed by atoms with E-state index in [1.165, 1.54) is 16.5 Å². The minimum absolute atomic E-state index is 0.579. The minimum atomic E-state index is 0.579. The lowest BCUT2D eigenvalue weighted by atomic mass is 10.1. The van der Waals surface area contributed by atoms with E-state index in [-0.39, 0.29) is 0 Å². The number of aromatic nitrogens is 1. The number of halogens is 1. The molecule has 2 aromatic carbocycles. The molecule has 0 unspecified atom stereocenters. The molecule has 0 radical (unpaired) electrons. The van der Waals surface area contributed by atoms with Gasteiger partial charge in [-0.3, -0.25) is 0 Å². The first-order chi connectivity index (χ1) is 9.26. The van der Waals surface area contributed by atoms with Crippen molar-refractivity contribution in [3.63, 3.8) is 0 Å². The minimum Gasteiger partial charge on any atom is -0.343 e. The normalized spacial score (nSPS) is 11.1. The van der Waals surface area contributed by atoms with E-state index in [9.17, 15) is 0 Å². The molecule has 0 amide bonds. The summed E-state index contributed by atoms with van der Waals surface area (Å²) in [5.74, 6) is 0. The van der Waals surface area contributed by atoms with Crippen molar-refractivity contribution in [1.82, 2.24) is 4.57 Å². The number of rotatable bonds is 3. The maximum absolute atomic E-state index is 6.02. The molecule has 2 nitrogen and oxygen atoms in total. The second kappa shape index (κ2) is 5.08. The Morgan fingerprint density at radius 2 is 1.89 bits per heavy atom. The summed E-state index contributed by atoms with van der Waals surface area (Å²) in [6.07, 6.45) is 2.10. The quantitative estimate of drug-likeness (QED) is 0.771. The fraction of sp³-hybridized carbons (Fsp3) is 0.125. The van der Waals surface area contributed by atoms with Crippen molar-refractivity contribution >= 4 is 22.5 Å². The highest BCUT2D eigenvalue weighted by Gasteiger charge is 2.03. The van der Waals surface area contributed by atoms with Crippen molar-refractivity contribution < 1.29 is 0 Å². The van der Waals surface area contributed by atoms with Gasteiger partial charge in [-0.2, -0.15) is 0 Å². The van der Waals surface area contributed by atoms with Crippen LogP contribution in [0.5, 0.6) is 0 Å². The van der Waals surface area contributed by atoms with E-state index >= 15 is 0 Å². The molecule has 0 spiro atoms. The lowest BCUT2D eigenvalue weighted by Crippen LogP contribution is -1.99. The summed E-state index contributed by atoms with van der Waals surface area (Å²) < 4.78 is 2.22. The Morgan fingerprint density at radius 1 is 1.00 bits per heavy atom. The maximum Gasteiger partial charge on any atom is 0.0483 e. The number of benzene rings is 2. The third kappa shape index (κ3) is 2.50. The molecule has 3 rings (SSSR count). The Morgan fingerprint density at radius 3 is 2.68 bits per heavy atom. The van der Waals surface area contributed by atoms with Crippen LogP contribution in [0.15, 0.2) is 54.7 Å². The van der Waals surface area contributed by atoms with Crippen molar-refractivity contribution in [1.29, 1.82) is 0 Å². The summed E-state index contributed by atoms with van der Waals surface area (Å²) in [5, 5.41) is 2.00. The van der Waals surface area contributed by atoms with Gasteiger partial charge in [0.2, 0.25) is 0 Å². The van der Waals surface area contributed by atoms with Crippen LogP contribution in [0.4, 0.5) is 0 Å². The van der Waals surface area contributed by atoms with Crippen LogP contribution in [0.25, 0.3) is 10.9 Å². The molecule has 0 atom stereocenters. The molecule has 0 aliphatic heterocycles. The van der Waals surface area contributed by atoms with Crippen LogP contribution < -0.4 is 5.73 Å². The van der Waals surface area contributed by atoms with Gasteiger partial charge in [-0.05, 0) is 46.8 Å². The van der Waals surface area contributed by atoms with E-state index in [0.29, 0.717) is 6.54 Å². The highest BCUT2D eigenvalue weighted by atomic mass is 35.5.